The number of nitrogens with two attached hydrogens (primary N) is 1. The number of rotatable bonds is 1. The molecule has 102 valence electrons. The van der Waals surface area contributed by atoms with E-state index >= 15 is 0 Å². The zero-order chi connectivity index (χ0) is 12.7. The molecule has 0 spiro atoms. The lowest BCUT2D eigenvalue weighted by Crippen LogP contribution is -2.17. The Morgan fingerprint density at radius 2 is 1.44 bits per heavy atom. The highest BCUT2D eigenvalue weighted by Crippen LogP contribution is 2.20. The van der Waals surface area contributed by atoms with Gasteiger partial charge in [-0.3, -0.25) is 0 Å². The van der Waals surface area contributed by atoms with Crippen LogP contribution in [-0.4, -0.2) is 7.05 Å². The van der Waals surface area contributed by atoms with Gasteiger partial charge in [0.2, 0.25) is 0 Å². The minimum absolute atomic E-state index is 0. The summed E-state index contributed by atoms with van der Waals surface area (Å²) in [7, 11) is 1.95. The molecule has 18 heavy (non-hydrogen) atoms. The summed E-state index contributed by atoms with van der Waals surface area (Å²) in [6.07, 6.45) is 4.15. The molecule has 1 aromatic carbocycles. The van der Waals surface area contributed by atoms with Crippen LogP contribution < -0.4 is 17.2 Å². The average Bonchev–Trinajstić information content (AvgIpc) is 2.38. The number of aryl methyl sites for hydroxylation is 2. The number of fused-ring (bicyclic) bond motifs is 1. The van der Waals surface area contributed by atoms with Crippen molar-refractivity contribution in [3.8, 4) is 0 Å². The fourth-order valence-electron chi connectivity index (χ4n) is 2.17. The first kappa shape index (κ1) is 16.5. The minimum Gasteiger partial charge on any atom is -0.401 e. The molecule has 0 heterocycles. The molecule has 0 bridgehead atoms. The Labute approximate surface area is 111 Å². The molecule has 1 aromatic rings. The molecular weight excluding hydrogens is 222 g/mol. The molecule has 1 aliphatic rings. The Kier molecular flexibility index (Phi) is 7.88. The van der Waals surface area contributed by atoms with Gasteiger partial charge in [-0.05, 0) is 36.8 Å². The van der Waals surface area contributed by atoms with E-state index in [4.69, 9.17) is 5.73 Å². The van der Waals surface area contributed by atoms with Crippen molar-refractivity contribution in [1.29, 1.82) is 0 Å². The van der Waals surface area contributed by atoms with E-state index in [1.165, 1.54) is 16.8 Å². The van der Waals surface area contributed by atoms with Crippen molar-refractivity contribution in [2.24, 2.45) is 5.73 Å². The first-order valence-electron chi connectivity index (χ1n) is 6.53. The fourth-order valence-corrected chi connectivity index (χ4v) is 2.17. The van der Waals surface area contributed by atoms with Crippen molar-refractivity contribution < 1.29 is 0 Å². The normalized spacial score (nSPS) is 18.2. The Morgan fingerprint density at radius 1 is 0.944 bits per heavy atom. The van der Waals surface area contributed by atoms with E-state index in [1.54, 1.807) is 0 Å². The summed E-state index contributed by atoms with van der Waals surface area (Å²) in [5, 5.41) is 3.21. The molecule has 0 amide bonds. The zero-order valence-corrected chi connectivity index (χ0v) is 11.9. The van der Waals surface area contributed by atoms with Gasteiger partial charge in [-0.15, -0.1) is 0 Å². The molecule has 0 fully saturated rings. The van der Waals surface area contributed by atoms with E-state index in [-0.39, 0.29) is 6.15 Å². The van der Waals surface area contributed by atoms with Crippen molar-refractivity contribution in [2.45, 2.75) is 39.5 Å². The molecule has 3 nitrogen and oxygen atoms in total. The van der Waals surface area contributed by atoms with Crippen LogP contribution in [0.2, 0.25) is 0 Å². The maximum absolute atomic E-state index is 6.03. The molecular formula is C15H27N3. The third-order valence-electron chi connectivity index (χ3n) is 3.12. The van der Waals surface area contributed by atoms with Crippen LogP contribution in [0.5, 0.6) is 0 Å². The average molecular weight is 249 g/mol. The molecule has 6 N–H and O–H groups in total. The number of benzene rings is 1. The van der Waals surface area contributed by atoms with Crippen LogP contribution >= 0.6 is 0 Å². The van der Waals surface area contributed by atoms with E-state index in [1.807, 2.05) is 20.9 Å². The molecule has 0 aromatic heterocycles. The van der Waals surface area contributed by atoms with Gasteiger partial charge in [-0.25, -0.2) is 0 Å². The van der Waals surface area contributed by atoms with E-state index in [0.29, 0.717) is 0 Å². The second kappa shape index (κ2) is 8.59. The molecule has 0 unspecified atom stereocenters. The SMILES string of the molecule is CC.CN/C1=C(\N)CCc2ccccc2CC1.N. The van der Waals surface area contributed by atoms with Gasteiger partial charge in [-0.2, -0.15) is 0 Å². The topological polar surface area (TPSA) is 73.0 Å². The third kappa shape index (κ3) is 4.08. The molecule has 0 atom stereocenters. The summed E-state index contributed by atoms with van der Waals surface area (Å²) >= 11 is 0. The van der Waals surface area contributed by atoms with Gasteiger partial charge in [0.05, 0.1) is 0 Å². The van der Waals surface area contributed by atoms with Crippen LogP contribution in [0.15, 0.2) is 35.7 Å². The van der Waals surface area contributed by atoms with Gasteiger partial charge in [0, 0.05) is 18.4 Å². The second-order valence-corrected chi connectivity index (χ2v) is 4.02. The summed E-state index contributed by atoms with van der Waals surface area (Å²) in [5.41, 5.74) is 11.2. The lowest BCUT2D eigenvalue weighted by atomic mass is 9.94. The third-order valence-corrected chi connectivity index (χ3v) is 3.12. The quantitative estimate of drug-likeness (QED) is 0.716. The van der Waals surface area contributed by atoms with Crippen LogP contribution in [0.3, 0.4) is 0 Å². The predicted octanol–water partition coefficient (Wildman–Crippen LogP) is 3.14. The number of hydrogen-bond acceptors (Lipinski definition) is 3. The van der Waals surface area contributed by atoms with Crippen molar-refractivity contribution in [3.63, 3.8) is 0 Å². The van der Waals surface area contributed by atoms with Gasteiger partial charge >= 0.3 is 0 Å². The monoisotopic (exact) mass is 249 g/mol. The van der Waals surface area contributed by atoms with Crippen molar-refractivity contribution in [1.82, 2.24) is 11.5 Å². The van der Waals surface area contributed by atoms with Crippen molar-refractivity contribution in [2.75, 3.05) is 7.05 Å². The molecule has 2 rings (SSSR count). The first-order valence-corrected chi connectivity index (χ1v) is 6.53. The minimum atomic E-state index is 0. The molecule has 0 aliphatic heterocycles. The Hall–Kier alpha value is -1.48. The molecule has 0 saturated heterocycles. The summed E-state index contributed by atoms with van der Waals surface area (Å²) in [6, 6.07) is 8.67. The van der Waals surface area contributed by atoms with E-state index in [2.05, 4.69) is 29.6 Å². The summed E-state index contributed by atoms with van der Waals surface area (Å²) in [4.78, 5) is 0. The fraction of sp³-hybridized carbons (Fsp3) is 0.467. The highest BCUT2D eigenvalue weighted by Gasteiger charge is 2.10. The van der Waals surface area contributed by atoms with Crippen molar-refractivity contribution in [3.05, 3.63) is 46.8 Å². The van der Waals surface area contributed by atoms with Gasteiger partial charge in [-0.1, -0.05) is 38.1 Å². The number of hydrogen-bond donors (Lipinski definition) is 3. The lowest BCUT2D eigenvalue weighted by molar-refractivity contribution is 0.752. The largest absolute Gasteiger partial charge is 0.401 e. The first-order chi connectivity index (χ1) is 8.31. The van der Waals surface area contributed by atoms with Gasteiger partial charge in [0.15, 0.2) is 0 Å². The van der Waals surface area contributed by atoms with Crippen LogP contribution in [0, 0.1) is 0 Å². The van der Waals surface area contributed by atoms with Crippen molar-refractivity contribution >= 4 is 0 Å². The number of nitrogens with one attached hydrogen (secondary N) is 1. The highest BCUT2D eigenvalue weighted by molar-refractivity contribution is 5.30. The summed E-state index contributed by atoms with van der Waals surface area (Å²) in [6.45, 7) is 4.00. The lowest BCUT2D eigenvalue weighted by Gasteiger charge is -2.17. The van der Waals surface area contributed by atoms with Gasteiger partial charge in [0.1, 0.15) is 0 Å². The predicted molar refractivity (Wildman–Crippen MR) is 79.7 cm³/mol. The summed E-state index contributed by atoms with van der Waals surface area (Å²) in [5.74, 6) is 0. The van der Waals surface area contributed by atoms with Gasteiger partial charge in [0.25, 0.3) is 0 Å². The maximum atomic E-state index is 6.03. The van der Waals surface area contributed by atoms with Crippen LogP contribution in [0.1, 0.15) is 37.8 Å². The van der Waals surface area contributed by atoms with Crippen LogP contribution in [-0.2, 0) is 12.8 Å². The number of allylic oxidation sites excluding steroid dienone is 2. The Morgan fingerprint density at radius 3 is 1.94 bits per heavy atom. The highest BCUT2D eigenvalue weighted by atomic mass is 14.9. The van der Waals surface area contributed by atoms with E-state index in [9.17, 15) is 0 Å². The Balaban J connectivity index is 0.000000917. The molecule has 0 saturated carbocycles. The van der Waals surface area contributed by atoms with Crippen LogP contribution in [0.4, 0.5) is 0 Å². The molecule has 1 aliphatic carbocycles. The maximum Gasteiger partial charge on any atom is 0.0298 e. The van der Waals surface area contributed by atoms with E-state index in [0.717, 1.165) is 31.4 Å². The zero-order valence-electron chi connectivity index (χ0n) is 11.9. The molecule has 3 heteroatoms. The van der Waals surface area contributed by atoms with E-state index < -0.39 is 0 Å². The molecule has 0 radical (unpaired) electrons. The van der Waals surface area contributed by atoms with Gasteiger partial charge < -0.3 is 17.2 Å². The van der Waals surface area contributed by atoms with Crippen LogP contribution in [0.25, 0.3) is 0 Å². The second-order valence-electron chi connectivity index (χ2n) is 4.02. The smallest absolute Gasteiger partial charge is 0.0298 e. The Bertz CT molecular complexity index is 383. The standard InChI is InChI=1S/C13H18N2.C2H6.H3N/c1-15-13-9-7-11-5-3-2-4-10(11)6-8-12(13)14;1-2;/h2-5,15H,6-9,14H2,1H3;1-2H3;1H3/b13-12-;;. The summed E-state index contributed by atoms with van der Waals surface area (Å²) < 4.78 is 0.